The number of benzene rings is 1. The van der Waals surface area contributed by atoms with Crippen LogP contribution >= 0.6 is 11.3 Å². The lowest BCUT2D eigenvalue weighted by atomic mass is 10.0. The fourth-order valence-electron chi connectivity index (χ4n) is 4.83. The van der Waals surface area contributed by atoms with Gasteiger partial charge in [0.25, 0.3) is 11.8 Å². The van der Waals surface area contributed by atoms with Crippen LogP contribution in [0.15, 0.2) is 29.2 Å². The molecular formula is C25H33N5O5S2. The number of hydrogen-bond donors (Lipinski definition) is 3. The second kappa shape index (κ2) is 10.9. The first-order chi connectivity index (χ1) is 17.5. The van der Waals surface area contributed by atoms with Gasteiger partial charge in [0.1, 0.15) is 5.00 Å². The number of carbonyl (C=O) groups is 3. The molecule has 1 fully saturated rings. The van der Waals surface area contributed by atoms with Crippen molar-refractivity contribution in [2.45, 2.75) is 57.5 Å². The van der Waals surface area contributed by atoms with Crippen molar-refractivity contribution in [3.05, 3.63) is 45.8 Å². The zero-order chi connectivity index (χ0) is 26.9. The molecule has 4 amide bonds. The van der Waals surface area contributed by atoms with Crippen molar-refractivity contribution in [1.82, 2.24) is 14.5 Å². The predicted octanol–water partition coefficient (Wildman–Crippen LogP) is 3.00. The van der Waals surface area contributed by atoms with Crippen LogP contribution < -0.4 is 16.4 Å². The van der Waals surface area contributed by atoms with Gasteiger partial charge in [-0.3, -0.25) is 19.8 Å². The van der Waals surface area contributed by atoms with E-state index in [0.717, 1.165) is 29.8 Å². The van der Waals surface area contributed by atoms with Gasteiger partial charge in [-0.15, -0.1) is 11.3 Å². The van der Waals surface area contributed by atoms with Gasteiger partial charge in [0, 0.05) is 42.7 Å². The second-order valence-electron chi connectivity index (χ2n) is 9.93. The van der Waals surface area contributed by atoms with E-state index >= 15 is 0 Å². The van der Waals surface area contributed by atoms with Crippen molar-refractivity contribution >= 4 is 44.2 Å². The van der Waals surface area contributed by atoms with E-state index < -0.39 is 27.9 Å². The van der Waals surface area contributed by atoms with Gasteiger partial charge in [-0.05, 0) is 68.9 Å². The summed E-state index contributed by atoms with van der Waals surface area (Å²) in [4.78, 5) is 40.6. The number of nitrogens with two attached hydrogens (primary N) is 1. The molecule has 0 aliphatic carbocycles. The van der Waals surface area contributed by atoms with E-state index in [2.05, 4.69) is 29.4 Å². The Morgan fingerprint density at radius 1 is 1.11 bits per heavy atom. The number of fused-ring (bicyclic) bond motifs is 1. The number of thiophene rings is 1. The zero-order valence-electron chi connectivity index (χ0n) is 21.2. The Bertz CT molecular complexity index is 1300. The first-order valence-electron chi connectivity index (χ1n) is 12.4. The quantitative estimate of drug-likeness (QED) is 0.508. The highest BCUT2D eigenvalue weighted by Crippen LogP contribution is 2.38. The maximum atomic E-state index is 13.1. The molecule has 0 radical (unpaired) electrons. The standard InChI is InChI=1S/C25H33N5O5S2/c1-15(2)29-12-10-19-20(14-29)36-24(21(19)23(32)28-25(26)33)27-22(31)17-6-8-18(9-7-17)37(34,35)30-11-4-5-16(3)13-30/h6-9,15-16H,4-5,10-14H2,1-3H3,(H,27,31)(H3,26,28,32,33). The summed E-state index contributed by atoms with van der Waals surface area (Å²) in [6.07, 6.45) is 2.43. The molecule has 2 aliphatic rings. The highest BCUT2D eigenvalue weighted by Gasteiger charge is 2.31. The van der Waals surface area contributed by atoms with Crippen LogP contribution in [-0.4, -0.2) is 61.1 Å². The maximum absolute atomic E-state index is 13.1. The Kier molecular flexibility index (Phi) is 8.02. The van der Waals surface area contributed by atoms with Gasteiger partial charge < -0.3 is 11.1 Å². The van der Waals surface area contributed by atoms with E-state index in [4.69, 9.17) is 5.73 Å². The number of amides is 4. The molecule has 0 saturated carbocycles. The number of imide groups is 1. The third-order valence-corrected chi connectivity index (χ3v) is 9.89. The molecule has 1 aromatic heterocycles. The molecule has 0 spiro atoms. The number of urea groups is 1. The Labute approximate surface area is 221 Å². The van der Waals surface area contributed by atoms with Crippen molar-refractivity contribution in [3.63, 3.8) is 0 Å². The third kappa shape index (κ3) is 5.87. The predicted molar refractivity (Wildman–Crippen MR) is 142 cm³/mol. The van der Waals surface area contributed by atoms with Crippen LogP contribution in [0, 0.1) is 5.92 Å². The van der Waals surface area contributed by atoms with E-state index in [1.807, 2.05) is 6.92 Å². The van der Waals surface area contributed by atoms with E-state index in [0.29, 0.717) is 43.0 Å². The Morgan fingerprint density at radius 2 is 1.81 bits per heavy atom. The van der Waals surface area contributed by atoms with Gasteiger partial charge in [0.2, 0.25) is 10.0 Å². The summed E-state index contributed by atoms with van der Waals surface area (Å²) < 4.78 is 27.6. The lowest BCUT2D eigenvalue weighted by Gasteiger charge is -2.30. The third-order valence-electron chi connectivity index (χ3n) is 6.88. The molecule has 1 unspecified atom stereocenters. The Morgan fingerprint density at radius 3 is 2.43 bits per heavy atom. The molecule has 1 aromatic carbocycles. The van der Waals surface area contributed by atoms with Crippen LogP contribution in [0.2, 0.25) is 0 Å². The van der Waals surface area contributed by atoms with Gasteiger partial charge in [0.05, 0.1) is 10.5 Å². The van der Waals surface area contributed by atoms with Crippen molar-refractivity contribution in [1.29, 1.82) is 0 Å². The smallest absolute Gasteiger partial charge is 0.319 e. The van der Waals surface area contributed by atoms with Crippen LogP contribution in [0.1, 0.15) is 64.8 Å². The zero-order valence-corrected chi connectivity index (χ0v) is 22.9. The molecule has 2 aliphatic heterocycles. The van der Waals surface area contributed by atoms with Crippen LogP contribution in [-0.2, 0) is 23.0 Å². The number of carbonyl (C=O) groups excluding carboxylic acids is 3. The maximum Gasteiger partial charge on any atom is 0.319 e. The number of anilines is 1. The minimum absolute atomic E-state index is 0.139. The SMILES string of the molecule is CC1CCCN(S(=O)(=O)c2ccc(C(=O)Nc3sc4c(c3C(=O)NC(N)=O)CCN(C(C)C)C4)cc2)C1. The molecule has 1 atom stereocenters. The summed E-state index contributed by atoms with van der Waals surface area (Å²) in [6.45, 7) is 8.58. The summed E-state index contributed by atoms with van der Waals surface area (Å²) in [7, 11) is -3.64. The molecule has 2 aromatic rings. The minimum atomic E-state index is -3.64. The number of primary amides is 1. The van der Waals surface area contributed by atoms with E-state index in [9.17, 15) is 22.8 Å². The van der Waals surface area contributed by atoms with Crippen LogP contribution in [0.4, 0.5) is 9.80 Å². The number of sulfonamides is 1. The number of hydrogen-bond acceptors (Lipinski definition) is 7. The van der Waals surface area contributed by atoms with Gasteiger partial charge in [0.15, 0.2) is 0 Å². The molecule has 0 bridgehead atoms. The summed E-state index contributed by atoms with van der Waals surface area (Å²) in [5.74, 6) is -0.836. The fraction of sp³-hybridized carbons (Fsp3) is 0.480. The molecule has 4 rings (SSSR count). The molecular weight excluding hydrogens is 514 g/mol. The summed E-state index contributed by atoms with van der Waals surface area (Å²) in [6, 6.07) is 5.15. The lowest BCUT2D eigenvalue weighted by molar-refractivity contribution is 0.0965. The normalized spacial score (nSPS) is 18.9. The topological polar surface area (TPSA) is 142 Å². The summed E-state index contributed by atoms with van der Waals surface area (Å²) in [5.41, 5.74) is 6.47. The lowest BCUT2D eigenvalue weighted by Crippen LogP contribution is -2.39. The highest BCUT2D eigenvalue weighted by atomic mass is 32.2. The number of piperidine rings is 1. The van der Waals surface area contributed by atoms with Crippen LogP contribution in [0.5, 0.6) is 0 Å². The highest BCUT2D eigenvalue weighted by molar-refractivity contribution is 7.89. The van der Waals surface area contributed by atoms with E-state index in [-0.39, 0.29) is 16.0 Å². The Hall–Kier alpha value is -2.80. The molecule has 3 heterocycles. The van der Waals surface area contributed by atoms with Gasteiger partial charge >= 0.3 is 6.03 Å². The van der Waals surface area contributed by atoms with Crippen molar-refractivity contribution in [2.75, 3.05) is 25.0 Å². The first kappa shape index (κ1) is 27.2. The second-order valence-corrected chi connectivity index (χ2v) is 13.0. The minimum Gasteiger partial charge on any atom is -0.351 e. The monoisotopic (exact) mass is 547 g/mol. The summed E-state index contributed by atoms with van der Waals surface area (Å²) in [5, 5.41) is 5.24. The Balaban J connectivity index is 1.57. The molecule has 37 heavy (non-hydrogen) atoms. The van der Waals surface area contributed by atoms with Gasteiger partial charge in [-0.1, -0.05) is 6.92 Å². The number of nitrogens with zero attached hydrogens (tertiary/aromatic N) is 2. The number of nitrogens with one attached hydrogen (secondary N) is 2. The number of rotatable bonds is 6. The molecule has 200 valence electrons. The molecule has 1 saturated heterocycles. The van der Waals surface area contributed by atoms with Crippen molar-refractivity contribution in [3.8, 4) is 0 Å². The van der Waals surface area contributed by atoms with E-state index in [1.54, 1.807) is 0 Å². The van der Waals surface area contributed by atoms with Crippen molar-refractivity contribution in [2.24, 2.45) is 11.7 Å². The fourth-order valence-corrected chi connectivity index (χ4v) is 7.70. The van der Waals surface area contributed by atoms with Gasteiger partial charge in [-0.25, -0.2) is 13.2 Å². The summed E-state index contributed by atoms with van der Waals surface area (Å²) >= 11 is 1.30. The average molecular weight is 548 g/mol. The van der Waals surface area contributed by atoms with E-state index in [1.165, 1.54) is 39.9 Å². The van der Waals surface area contributed by atoms with Crippen LogP contribution in [0.25, 0.3) is 0 Å². The molecule has 12 heteroatoms. The van der Waals surface area contributed by atoms with Crippen molar-refractivity contribution < 1.29 is 22.8 Å². The first-order valence-corrected chi connectivity index (χ1v) is 14.6. The van der Waals surface area contributed by atoms with Crippen LogP contribution in [0.3, 0.4) is 0 Å². The average Bonchev–Trinajstić information content (AvgIpc) is 3.20. The molecule has 4 N–H and O–H groups in total. The largest absolute Gasteiger partial charge is 0.351 e. The van der Waals surface area contributed by atoms with Gasteiger partial charge in [-0.2, -0.15) is 4.31 Å². The molecule has 10 nitrogen and oxygen atoms in total.